The van der Waals surface area contributed by atoms with Crippen LogP contribution in [0.5, 0.6) is 0 Å². The summed E-state index contributed by atoms with van der Waals surface area (Å²) in [5.41, 5.74) is 0. The van der Waals surface area contributed by atoms with E-state index in [0.29, 0.717) is 25.8 Å². The zero-order valence-corrected chi connectivity index (χ0v) is 13.3. The third-order valence-electron chi connectivity index (χ3n) is 4.51. The fourth-order valence-corrected chi connectivity index (χ4v) is 3.12. The summed E-state index contributed by atoms with van der Waals surface area (Å²) in [6.07, 6.45) is 9.52. The minimum atomic E-state index is 0.0565. The number of urea groups is 1. The molecule has 1 aliphatic carbocycles. The SMILES string of the molecule is CN(C(=O)NCCCOCC1CCCO1)C1CCCCC1. The van der Waals surface area contributed by atoms with Crippen LogP contribution in [0.25, 0.3) is 0 Å². The van der Waals surface area contributed by atoms with Gasteiger partial charge in [0.25, 0.3) is 0 Å². The van der Waals surface area contributed by atoms with Gasteiger partial charge in [0.2, 0.25) is 0 Å². The third-order valence-corrected chi connectivity index (χ3v) is 4.51. The highest BCUT2D eigenvalue weighted by molar-refractivity contribution is 5.74. The Morgan fingerprint density at radius 1 is 1.24 bits per heavy atom. The molecule has 5 nitrogen and oxygen atoms in total. The van der Waals surface area contributed by atoms with Gasteiger partial charge in [0.15, 0.2) is 0 Å². The number of carbonyl (C=O) groups is 1. The molecule has 0 bridgehead atoms. The monoisotopic (exact) mass is 298 g/mol. The summed E-state index contributed by atoms with van der Waals surface area (Å²) in [4.78, 5) is 13.9. The van der Waals surface area contributed by atoms with Crippen LogP contribution >= 0.6 is 0 Å². The average molecular weight is 298 g/mol. The van der Waals surface area contributed by atoms with Gasteiger partial charge in [-0.05, 0) is 32.1 Å². The number of hydrogen-bond acceptors (Lipinski definition) is 3. The molecule has 1 N–H and O–H groups in total. The second-order valence-corrected chi connectivity index (χ2v) is 6.20. The highest BCUT2D eigenvalue weighted by Gasteiger charge is 2.21. The standard InChI is InChI=1S/C16H30N2O3/c1-18(14-7-3-2-4-8-14)16(19)17-10-6-11-20-13-15-9-5-12-21-15/h14-15H,2-13H2,1H3,(H,17,19). The van der Waals surface area contributed by atoms with Crippen LogP contribution in [-0.2, 0) is 9.47 Å². The molecule has 2 fully saturated rings. The summed E-state index contributed by atoms with van der Waals surface area (Å²) in [7, 11) is 1.92. The Morgan fingerprint density at radius 3 is 2.76 bits per heavy atom. The molecule has 2 amide bonds. The van der Waals surface area contributed by atoms with E-state index in [4.69, 9.17) is 9.47 Å². The van der Waals surface area contributed by atoms with E-state index in [-0.39, 0.29) is 12.1 Å². The third kappa shape index (κ3) is 5.83. The first-order valence-electron chi connectivity index (χ1n) is 8.47. The molecule has 2 rings (SSSR count). The van der Waals surface area contributed by atoms with Crippen molar-refractivity contribution in [2.75, 3.05) is 33.4 Å². The molecule has 21 heavy (non-hydrogen) atoms. The van der Waals surface area contributed by atoms with Crippen molar-refractivity contribution in [1.29, 1.82) is 0 Å². The van der Waals surface area contributed by atoms with Crippen LogP contribution in [0.2, 0.25) is 0 Å². The number of nitrogens with one attached hydrogen (secondary N) is 1. The Labute approximate surface area is 128 Å². The number of nitrogens with zero attached hydrogens (tertiary/aromatic N) is 1. The van der Waals surface area contributed by atoms with Crippen LogP contribution in [0.1, 0.15) is 51.4 Å². The maximum absolute atomic E-state index is 12.0. The Balaban J connectivity index is 1.48. The van der Waals surface area contributed by atoms with Gasteiger partial charge in [-0.2, -0.15) is 0 Å². The van der Waals surface area contributed by atoms with E-state index in [0.717, 1.165) is 38.7 Å². The number of ether oxygens (including phenoxy) is 2. The van der Waals surface area contributed by atoms with Crippen LogP contribution in [-0.4, -0.2) is 56.5 Å². The number of carbonyl (C=O) groups excluding carboxylic acids is 1. The Morgan fingerprint density at radius 2 is 2.05 bits per heavy atom. The van der Waals surface area contributed by atoms with Crippen molar-refractivity contribution in [2.45, 2.75) is 63.5 Å². The van der Waals surface area contributed by atoms with Crippen molar-refractivity contribution < 1.29 is 14.3 Å². The lowest BCUT2D eigenvalue weighted by Gasteiger charge is -2.31. The van der Waals surface area contributed by atoms with Crippen molar-refractivity contribution in [1.82, 2.24) is 10.2 Å². The van der Waals surface area contributed by atoms with E-state index in [1.165, 1.54) is 19.3 Å². The predicted molar refractivity (Wildman–Crippen MR) is 82.4 cm³/mol. The zero-order chi connectivity index (χ0) is 14.9. The van der Waals surface area contributed by atoms with Gasteiger partial charge in [0.1, 0.15) is 0 Å². The molecule has 1 atom stereocenters. The van der Waals surface area contributed by atoms with Gasteiger partial charge in [-0.25, -0.2) is 4.79 Å². The van der Waals surface area contributed by atoms with Crippen LogP contribution in [0.4, 0.5) is 4.79 Å². The lowest BCUT2D eigenvalue weighted by Crippen LogP contribution is -2.44. The van der Waals surface area contributed by atoms with Crippen molar-refractivity contribution in [3.63, 3.8) is 0 Å². The van der Waals surface area contributed by atoms with Gasteiger partial charge in [-0.1, -0.05) is 19.3 Å². The van der Waals surface area contributed by atoms with E-state index in [2.05, 4.69) is 5.32 Å². The minimum absolute atomic E-state index is 0.0565. The van der Waals surface area contributed by atoms with Gasteiger partial charge in [0.05, 0.1) is 12.7 Å². The zero-order valence-electron chi connectivity index (χ0n) is 13.3. The van der Waals surface area contributed by atoms with Gasteiger partial charge < -0.3 is 19.7 Å². The van der Waals surface area contributed by atoms with Gasteiger partial charge in [-0.3, -0.25) is 0 Å². The quantitative estimate of drug-likeness (QED) is 0.735. The second-order valence-electron chi connectivity index (χ2n) is 6.20. The molecule has 5 heteroatoms. The lowest BCUT2D eigenvalue weighted by atomic mass is 9.95. The maximum Gasteiger partial charge on any atom is 0.317 e. The molecular weight excluding hydrogens is 268 g/mol. The van der Waals surface area contributed by atoms with Crippen LogP contribution in [0, 0.1) is 0 Å². The summed E-state index contributed by atoms with van der Waals surface area (Å²) in [6.45, 7) is 2.93. The van der Waals surface area contributed by atoms with Crippen LogP contribution in [0.15, 0.2) is 0 Å². The van der Waals surface area contributed by atoms with E-state index in [1.807, 2.05) is 11.9 Å². The summed E-state index contributed by atoms with van der Waals surface area (Å²) in [5, 5.41) is 2.98. The molecule has 1 saturated heterocycles. The highest BCUT2D eigenvalue weighted by Crippen LogP contribution is 2.21. The van der Waals surface area contributed by atoms with Crippen molar-refractivity contribution in [3.8, 4) is 0 Å². The fraction of sp³-hybridized carbons (Fsp3) is 0.938. The molecule has 1 aliphatic heterocycles. The first-order chi connectivity index (χ1) is 10.3. The van der Waals surface area contributed by atoms with Crippen LogP contribution in [0.3, 0.4) is 0 Å². The Bertz CT molecular complexity index is 300. The van der Waals surface area contributed by atoms with E-state index in [1.54, 1.807) is 0 Å². The number of hydrogen-bond donors (Lipinski definition) is 1. The molecular formula is C16H30N2O3. The van der Waals surface area contributed by atoms with E-state index >= 15 is 0 Å². The average Bonchev–Trinajstić information content (AvgIpc) is 3.04. The molecule has 0 aromatic heterocycles. The van der Waals surface area contributed by atoms with Crippen LogP contribution < -0.4 is 5.32 Å². The number of amides is 2. The number of rotatable bonds is 7. The van der Waals surface area contributed by atoms with Gasteiger partial charge >= 0.3 is 6.03 Å². The molecule has 0 aromatic carbocycles. The molecule has 0 spiro atoms. The van der Waals surface area contributed by atoms with E-state index < -0.39 is 0 Å². The van der Waals surface area contributed by atoms with Crippen molar-refractivity contribution in [3.05, 3.63) is 0 Å². The normalized spacial score (nSPS) is 23.2. The molecule has 2 aliphatic rings. The first kappa shape index (κ1) is 16.6. The van der Waals surface area contributed by atoms with E-state index in [9.17, 15) is 4.79 Å². The molecule has 1 heterocycles. The summed E-state index contributed by atoms with van der Waals surface area (Å²) < 4.78 is 11.1. The second kappa shape index (κ2) is 9.26. The smallest absolute Gasteiger partial charge is 0.317 e. The topological polar surface area (TPSA) is 50.8 Å². The summed E-state index contributed by atoms with van der Waals surface area (Å²) >= 11 is 0. The Hall–Kier alpha value is -0.810. The largest absolute Gasteiger partial charge is 0.379 e. The maximum atomic E-state index is 12.0. The van der Waals surface area contributed by atoms with Gasteiger partial charge in [-0.15, -0.1) is 0 Å². The van der Waals surface area contributed by atoms with Crippen molar-refractivity contribution in [2.24, 2.45) is 0 Å². The molecule has 0 aromatic rings. The minimum Gasteiger partial charge on any atom is -0.379 e. The summed E-state index contributed by atoms with van der Waals surface area (Å²) in [6, 6.07) is 0.482. The first-order valence-corrected chi connectivity index (χ1v) is 8.47. The van der Waals surface area contributed by atoms with Crippen molar-refractivity contribution >= 4 is 6.03 Å². The molecule has 122 valence electrons. The predicted octanol–water partition coefficient (Wildman–Crippen LogP) is 2.55. The summed E-state index contributed by atoms with van der Waals surface area (Å²) in [5.74, 6) is 0. The lowest BCUT2D eigenvalue weighted by molar-refractivity contribution is 0.0167. The molecule has 1 saturated carbocycles. The fourth-order valence-electron chi connectivity index (χ4n) is 3.12. The highest BCUT2D eigenvalue weighted by atomic mass is 16.5. The molecule has 0 radical (unpaired) electrons. The Kier molecular flexibility index (Phi) is 7.30. The molecule has 1 unspecified atom stereocenters. The van der Waals surface area contributed by atoms with Gasteiger partial charge in [0, 0.05) is 32.8 Å².